The lowest BCUT2D eigenvalue weighted by Gasteiger charge is -2.20. The molecular formula is C15H13F2N3O. The zero-order chi connectivity index (χ0) is 15.0. The Morgan fingerprint density at radius 2 is 1.90 bits per heavy atom. The molecule has 1 aliphatic heterocycles. The molecule has 1 amide bonds. The summed E-state index contributed by atoms with van der Waals surface area (Å²) in [6.07, 6.45) is 0.979. The first kappa shape index (κ1) is 13.4. The number of fused-ring (bicyclic) bond motifs is 1. The predicted octanol–water partition coefficient (Wildman–Crippen LogP) is 3.18. The van der Waals surface area contributed by atoms with Crippen LogP contribution < -0.4 is 16.4 Å². The fourth-order valence-corrected chi connectivity index (χ4v) is 2.29. The molecule has 0 atom stereocenters. The van der Waals surface area contributed by atoms with Gasteiger partial charge in [0.05, 0.1) is 17.1 Å². The Kier molecular flexibility index (Phi) is 3.21. The second-order valence-electron chi connectivity index (χ2n) is 4.89. The molecule has 21 heavy (non-hydrogen) atoms. The van der Waals surface area contributed by atoms with E-state index in [0.29, 0.717) is 29.9 Å². The van der Waals surface area contributed by atoms with E-state index in [2.05, 4.69) is 10.6 Å². The normalized spacial score (nSPS) is 13.5. The van der Waals surface area contributed by atoms with Gasteiger partial charge in [-0.05, 0) is 36.2 Å². The van der Waals surface area contributed by atoms with Crippen molar-refractivity contribution in [3.8, 4) is 0 Å². The van der Waals surface area contributed by atoms with Crippen molar-refractivity contribution >= 4 is 28.7 Å². The van der Waals surface area contributed by atoms with Crippen molar-refractivity contribution in [2.24, 2.45) is 0 Å². The fraction of sp³-hybridized carbons (Fsp3) is 0.133. The SMILES string of the molecule is Nc1cc2c(cc1Nc1cc(F)ccc1F)CCC(=O)N2. The number of hydrogen-bond donors (Lipinski definition) is 3. The van der Waals surface area contributed by atoms with Gasteiger partial charge in [0.15, 0.2) is 0 Å². The molecule has 1 aliphatic rings. The molecule has 0 bridgehead atoms. The average Bonchev–Trinajstić information content (AvgIpc) is 2.44. The molecule has 0 spiro atoms. The van der Waals surface area contributed by atoms with Gasteiger partial charge >= 0.3 is 0 Å². The Bertz CT molecular complexity index is 731. The van der Waals surface area contributed by atoms with Crippen molar-refractivity contribution in [2.45, 2.75) is 12.8 Å². The maximum absolute atomic E-state index is 13.7. The summed E-state index contributed by atoms with van der Waals surface area (Å²) in [5, 5.41) is 5.52. The molecule has 2 aromatic carbocycles. The van der Waals surface area contributed by atoms with Gasteiger partial charge in [0.2, 0.25) is 5.91 Å². The molecule has 4 nitrogen and oxygen atoms in total. The van der Waals surface area contributed by atoms with Crippen LogP contribution in [0.5, 0.6) is 0 Å². The number of hydrogen-bond acceptors (Lipinski definition) is 3. The van der Waals surface area contributed by atoms with Crippen LogP contribution in [0.25, 0.3) is 0 Å². The monoisotopic (exact) mass is 289 g/mol. The van der Waals surface area contributed by atoms with Gasteiger partial charge in [-0.25, -0.2) is 8.78 Å². The second kappa shape index (κ2) is 5.05. The highest BCUT2D eigenvalue weighted by Gasteiger charge is 2.17. The highest BCUT2D eigenvalue weighted by atomic mass is 19.1. The first-order chi connectivity index (χ1) is 10.0. The number of amides is 1. The van der Waals surface area contributed by atoms with Gasteiger partial charge in [-0.2, -0.15) is 0 Å². The van der Waals surface area contributed by atoms with Crippen LogP contribution in [0.2, 0.25) is 0 Å². The van der Waals surface area contributed by atoms with E-state index in [4.69, 9.17) is 5.73 Å². The van der Waals surface area contributed by atoms with E-state index < -0.39 is 11.6 Å². The van der Waals surface area contributed by atoms with E-state index in [0.717, 1.165) is 23.8 Å². The zero-order valence-electron chi connectivity index (χ0n) is 11.0. The average molecular weight is 289 g/mol. The van der Waals surface area contributed by atoms with E-state index in [1.54, 1.807) is 12.1 Å². The number of aryl methyl sites for hydroxylation is 1. The van der Waals surface area contributed by atoms with Crippen LogP contribution in [-0.2, 0) is 11.2 Å². The van der Waals surface area contributed by atoms with Gasteiger partial charge in [0.25, 0.3) is 0 Å². The van der Waals surface area contributed by atoms with Gasteiger partial charge in [-0.15, -0.1) is 0 Å². The topological polar surface area (TPSA) is 67.1 Å². The van der Waals surface area contributed by atoms with Gasteiger partial charge in [-0.1, -0.05) is 0 Å². The van der Waals surface area contributed by atoms with Gasteiger partial charge in [-0.3, -0.25) is 4.79 Å². The Morgan fingerprint density at radius 3 is 2.71 bits per heavy atom. The number of nitrogen functional groups attached to an aromatic ring is 1. The van der Waals surface area contributed by atoms with E-state index in [9.17, 15) is 13.6 Å². The highest BCUT2D eigenvalue weighted by molar-refractivity contribution is 5.95. The molecule has 6 heteroatoms. The molecule has 108 valence electrons. The third-order valence-electron chi connectivity index (χ3n) is 3.37. The summed E-state index contributed by atoms with van der Waals surface area (Å²) in [5.41, 5.74) is 8.31. The van der Waals surface area contributed by atoms with Crippen molar-refractivity contribution in [3.05, 3.63) is 47.5 Å². The Balaban J connectivity index is 1.96. The van der Waals surface area contributed by atoms with Crippen molar-refractivity contribution in [1.82, 2.24) is 0 Å². The Morgan fingerprint density at radius 1 is 1.10 bits per heavy atom. The van der Waals surface area contributed by atoms with Crippen LogP contribution in [0, 0.1) is 11.6 Å². The first-order valence-electron chi connectivity index (χ1n) is 6.47. The summed E-state index contributed by atoms with van der Waals surface area (Å²) < 4.78 is 26.8. The predicted molar refractivity (Wildman–Crippen MR) is 77.4 cm³/mol. The standard InChI is InChI=1S/C15H13F2N3O/c16-9-2-3-10(17)13(6-9)19-14-5-8-1-4-15(21)20-12(8)7-11(14)18/h2-3,5-7,19H,1,4,18H2,(H,20,21). The van der Waals surface area contributed by atoms with Crippen molar-refractivity contribution in [2.75, 3.05) is 16.4 Å². The number of halogens is 2. The molecule has 0 aromatic heterocycles. The third kappa shape index (κ3) is 2.65. The largest absolute Gasteiger partial charge is 0.397 e. The van der Waals surface area contributed by atoms with Gasteiger partial charge in [0.1, 0.15) is 11.6 Å². The van der Waals surface area contributed by atoms with Crippen molar-refractivity contribution in [3.63, 3.8) is 0 Å². The summed E-state index contributed by atoms with van der Waals surface area (Å²) in [7, 11) is 0. The summed E-state index contributed by atoms with van der Waals surface area (Å²) >= 11 is 0. The fourth-order valence-electron chi connectivity index (χ4n) is 2.29. The van der Waals surface area contributed by atoms with Crippen LogP contribution in [0.15, 0.2) is 30.3 Å². The Labute approximate surface area is 120 Å². The molecule has 3 rings (SSSR count). The van der Waals surface area contributed by atoms with Crippen LogP contribution >= 0.6 is 0 Å². The van der Waals surface area contributed by atoms with E-state index in [1.165, 1.54) is 0 Å². The second-order valence-corrected chi connectivity index (χ2v) is 4.89. The van der Waals surface area contributed by atoms with Gasteiger partial charge in [0, 0.05) is 18.2 Å². The molecule has 4 N–H and O–H groups in total. The summed E-state index contributed by atoms with van der Waals surface area (Å²) in [6, 6.07) is 6.52. The molecule has 0 radical (unpaired) electrons. The molecule has 0 fully saturated rings. The first-order valence-corrected chi connectivity index (χ1v) is 6.47. The number of anilines is 4. The molecule has 0 aliphatic carbocycles. The molecule has 0 unspecified atom stereocenters. The molecule has 1 heterocycles. The van der Waals surface area contributed by atoms with Crippen molar-refractivity contribution < 1.29 is 13.6 Å². The summed E-state index contributed by atoms with van der Waals surface area (Å²) in [6.45, 7) is 0. The maximum Gasteiger partial charge on any atom is 0.224 e. The van der Waals surface area contributed by atoms with Crippen molar-refractivity contribution in [1.29, 1.82) is 0 Å². The zero-order valence-corrected chi connectivity index (χ0v) is 11.0. The smallest absolute Gasteiger partial charge is 0.224 e. The summed E-state index contributed by atoms with van der Waals surface area (Å²) in [4.78, 5) is 11.3. The number of carbonyl (C=O) groups excluding carboxylic acids is 1. The number of benzene rings is 2. The lowest BCUT2D eigenvalue weighted by Crippen LogP contribution is -2.19. The lowest BCUT2D eigenvalue weighted by atomic mass is 10.0. The lowest BCUT2D eigenvalue weighted by molar-refractivity contribution is -0.116. The van der Waals surface area contributed by atoms with Crippen LogP contribution in [-0.4, -0.2) is 5.91 Å². The number of nitrogens with two attached hydrogens (primary N) is 1. The minimum Gasteiger partial charge on any atom is -0.397 e. The highest BCUT2D eigenvalue weighted by Crippen LogP contribution is 2.33. The van der Waals surface area contributed by atoms with Gasteiger partial charge < -0.3 is 16.4 Å². The van der Waals surface area contributed by atoms with Crippen LogP contribution in [0.3, 0.4) is 0 Å². The van der Waals surface area contributed by atoms with E-state index >= 15 is 0 Å². The third-order valence-corrected chi connectivity index (χ3v) is 3.37. The van der Waals surface area contributed by atoms with Crippen LogP contribution in [0.4, 0.5) is 31.5 Å². The summed E-state index contributed by atoms with van der Waals surface area (Å²) in [5.74, 6) is -1.16. The maximum atomic E-state index is 13.7. The van der Waals surface area contributed by atoms with Crippen LogP contribution in [0.1, 0.15) is 12.0 Å². The number of rotatable bonds is 2. The molecular weight excluding hydrogens is 276 g/mol. The molecule has 0 saturated carbocycles. The Hall–Kier alpha value is -2.63. The quantitative estimate of drug-likeness (QED) is 0.744. The van der Waals surface area contributed by atoms with E-state index in [-0.39, 0.29) is 11.6 Å². The molecule has 0 saturated heterocycles. The minimum absolute atomic E-state index is 0.0153. The number of nitrogens with one attached hydrogen (secondary N) is 2. The van der Waals surface area contributed by atoms with E-state index in [1.807, 2.05) is 0 Å². The molecule has 2 aromatic rings. The minimum atomic E-state index is -0.568. The number of carbonyl (C=O) groups is 1.